The zero-order valence-corrected chi connectivity index (χ0v) is 77.6. The van der Waals surface area contributed by atoms with E-state index < -0.39 is 0 Å². The Kier molecular flexibility index (Phi) is 24.6. The molecule has 0 saturated heterocycles. The van der Waals surface area contributed by atoms with E-state index in [4.69, 9.17) is 0 Å². The second-order valence-corrected chi connectivity index (χ2v) is 38.8. The molecule has 16 aromatic rings. The number of aromatic nitrogens is 8. The third-order valence-corrected chi connectivity index (χ3v) is 28.0. The van der Waals surface area contributed by atoms with E-state index in [9.17, 15) is 0 Å². The first kappa shape index (κ1) is 84.9. The number of benzene rings is 12. The van der Waals surface area contributed by atoms with Crippen LogP contribution in [0.3, 0.4) is 0 Å². The van der Waals surface area contributed by atoms with Crippen LogP contribution < -0.4 is 18.3 Å². The predicted octanol–water partition coefficient (Wildman–Crippen LogP) is 28.3. The first-order valence-electron chi connectivity index (χ1n) is 48.2. The van der Waals surface area contributed by atoms with Crippen molar-refractivity contribution < 1.29 is 18.3 Å². The zero-order chi connectivity index (χ0) is 87.8. The summed E-state index contributed by atoms with van der Waals surface area (Å²) < 4.78 is 19.5. The lowest BCUT2D eigenvalue weighted by atomic mass is 9.77. The minimum absolute atomic E-state index is 0.424. The first-order chi connectivity index (χ1) is 62.5. The Hall–Kier alpha value is -12.5. The Morgan fingerprint density at radius 3 is 0.891 bits per heavy atom. The van der Waals surface area contributed by atoms with Crippen LogP contribution in [0.1, 0.15) is 235 Å². The lowest BCUT2D eigenvalue weighted by molar-refractivity contribution is -0.671. The number of fused-ring (bicyclic) bond motifs is 12. The summed E-state index contributed by atoms with van der Waals surface area (Å²) in [6.45, 7) is 31.3. The number of nitrogens with zero attached hydrogens (tertiary/aromatic N) is 8. The van der Waals surface area contributed by atoms with E-state index in [-0.39, 0.29) is 0 Å². The summed E-state index contributed by atoms with van der Waals surface area (Å²) in [5.41, 5.74) is 41.7. The van der Waals surface area contributed by atoms with Gasteiger partial charge >= 0.3 is 0 Å². The summed E-state index contributed by atoms with van der Waals surface area (Å²) in [5, 5.41) is 0. The topological polar surface area (TPSA) is 35.2 Å². The molecule has 128 heavy (non-hydrogen) atoms. The minimum atomic E-state index is 0.424. The Balaban J connectivity index is 0.000000111. The number of hydrogen-bond donors (Lipinski definition) is 0. The van der Waals surface area contributed by atoms with Gasteiger partial charge in [0.05, 0.1) is 22.3 Å². The Bertz CT molecular complexity index is 6550. The molecule has 6 aliphatic rings. The van der Waals surface area contributed by atoms with Crippen LogP contribution in [0.25, 0.3) is 113 Å². The Morgan fingerprint density at radius 2 is 0.562 bits per heavy atom. The van der Waals surface area contributed by atoms with E-state index in [0.29, 0.717) is 35.5 Å². The molecule has 0 bridgehead atoms. The van der Waals surface area contributed by atoms with Crippen molar-refractivity contribution in [2.24, 2.45) is 11.8 Å². The summed E-state index contributed by atoms with van der Waals surface area (Å²) in [6, 6.07) is 94.6. The highest BCUT2D eigenvalue weighted by molar-refractivity contribution is 5.77. The van der Waals surface area contributed by atoms with Crippen molar-refractivity contribution in [1.29, 1.82) is 0 Å². The fourth-order valence-corrected chi connectivity index (χ4v) is 22.1. The van der Waals surface area contributed by atoms with E-state index in [2.05, 4.69) is 424 Å². The van der Waals surface area contributed by atoms with Crippen LogP contribution in [0, 0.1) is 25.7 Å². The molecule has 12 aromatic carbocycles. The number of imidazole rings is 4. The largest absolute Gasteiger partial charge is 0.294 e. The molecule has 4 aliphatic heterocycles. The predicted molar refractivity (Wildman–Crippen MR) is 529 cm³/mol. The normalized spacial score (nSPS) is 14.0. The summed E-state index contributed by atoms with van der Waals surface area (Å²) in [6.07, 6.45) is 35.8. The molecular weight excluding hydrogens is 1550 g/mol. The monoisotopic (exact) mass is 1680 g/mol. The minimum Gasteiger partial charge on any atom is -0.225 e. The Morgan fingerprint density at radius 1 is 0.281 bits per heavy atom. The van der Waals surface area contributed by atoms with Crippen molar-refractivity contribution in [2.75, 3.05) is 0 Å². The van der Waals surface area contributed by atoms with Crippen LogP contribution in [-0.2, 0) is 51.9 Å². The Labute approximate surface area is 761 Å². The van der Waals surface area contributed by atoms with Crippen LogP contribution in [0.5, 0.6) is 0 Å². The second kappa shape index (κ2) is 37.0. The summed E-state index contributed by atoms with van der Waals surface area (Å²) >= 11 is 0. The molecule has 2 fully saturated rings. The lowest BCUT2D eigenvalue weighted by Gasteiger charge is -2.29. The van der Waals surface area contributed by atoms with Gasteiger partial charge < -0.3 is 0 Å². The maximum Gasteiger partial charge on any atom is 0.294 e. The highest BCUT2D eigenvalue weighted by Crippen LogP contribution is 2.48. The molecule has 0 atom stereocenters. The van der Waals surface area contributed by atoms with E-state index in [1.807, 2.05) is 0 Å². The molecule has 2 aliphatic carbocycles. The highest BCUT2D eigenvalue weighted by atomic mass is 15.2. The summed E-state index contributed by atoms with van der Waals surface area (Å²) in [5.74, 6) is 8.61. The first-order valence-corrected chi connectivity index (χ1v) is 48.2. The summed E-state index contributed by atoms with van der Waals surface area (Å²) in [7, 11) is 0. The fraction of sp³-hybridized carbons (Fsp3) is 0.300. The van der Waals surface area contributed by atoms with Crippen molar-refractivity contribution >= 4 is 0 Å². The van der Waals surface area contributed by atoms with Crippen LogP contribution in [0.2, 0.25) is 0 Å². The second-order valence-electron chi connectivity index (χ2n) is 38.8. The maximum absolute atomic E-state index is 2.59. The third kappa shape index (κ3) is 16.9. The molecule has 0 spiro atoms. The molecule has 0 unspecified atom stereocenters. The molecule has 0 N–H and O–H groups in total. The third-order valence-electron chi connectivity index (χ3n) is 28.0. The van der Waals surface area contributed by atoms with E-state index >= 15 is 0 Å². The van der Waals surface area contributed by atoms with Crippen molar-refractivity contribution in [3.63, 3.8) is 0 Å². The van der Waals surface area contributed by atoms with Crippen molar-refractivity contribution in [1.82, 2.24) is 18.3 Å². The van der Waals surface area contributed by atoms with Crippen molar-refractivity contribution in [3.05, 3.63) is 382 Å². The van der Waals surface area contributed by atoms with Crippen LogP contribution >= 0.6 is 0 Å². The van der Waals surface area contributed by atoms with Gasteiger partial charge in [-0.2, -0.15) is 18.3 Å². The van der Waals surface area contributed by atoms with E-state index in [1.54, 1.807) is 11.1 Å². The van der Waals surface area contributed by atoms with Gasteiger partial charge in [-0.15, -0.1) is 0 Å². The molecule has 0 radical (unpaired) electrons. The molecule has 2 saturated carbocycles. The lowest BCUT2D eigenvalue weighted by Crippen LogP contribution is -2.30. The molecule has 8 nitrogen and oxygen atoms in total. The number of hydrogen-bond acceptors (Lipinski definition) is 0. The quantitative estimate of drug-likeness (QED) is 0.0768. The molecule has 8 heteroatoms. The average Bonchev–Trinajstić information content (AvgIpc) is 1.57. The van der Waals surface area contributed by atoms with Crippen LogP contribution in [0.15, 0.2) is 304 Å². The molecule has 22 rings (SSSR count). The molecule has 644 valence electrons. The van der Waals surface area contributed by atoms with Crippen molar-refractivity contribution in [3.8, 4) is 113 Å². The van der Waals surface area contributed by atoms with E-state index in [1.165, 1.54) is 244 Å². The number of rotatable bonds is 18. The van der Waals surface area contributed by atoms with Gasteiger partial charge in [-0.1, -0.05) is 301 Å². The van der Waals surface area contributed by atoms with Gasteiger partial charge in [-0.3, -0.25) is 0 Å². The van der Waals surface area contributed by atoms with Gasteiger partial charge in [0.2, 0.25) is 0 Å². The van der Waals surface area contributed by atoms with Gasteiger partial charge in [-0.25, -0.2) is 18.3 Å². The van der Waals surface area contributed by atoms with E-state index in [0.717, 1.165) is 51.9 Å². The highest BCUT2D eigenvalue weighted by Gasteiger charge is 2.39. The zero-order valence-electron chi connectivity index (χ0n) is 77.6. The van der Waals surface area contributed by atoms with Gasteiger partial charge in [0, 0.05) is 55.6 Å². The molecular formula is C120H128N8+4. The van der Waals surface area contributed by atoms with Gasteiger partial charge in [0.1, 0.15) is 98.5 Å². The number of aryl methyl sites for hydroxylation is 4. The van der Waals surface area contributed by atoms with Crippen molar-refractivity contribution in [2.45, 2.75) is 223 Å². The van der Waals surface area contributed by atoms with Crippen LogP contribution in [0.4, 0.5) is 0 Å². The average molecular weight is 1680 g/mol. The molecule has 4 aromatic heterocycles. The molecule has 0 amide bonds. The van der Waals surface area contributed by atoms with Crippen LogP contribution in [-0.4, -0.2) is 18.3 Å². The van der Waals surface area contributed by atoms with Gasteiger partial charge in [0.25, 0.3) is 23.3 Å². The van der Waals surface area contributed by atoms with Gasteiger partial charge in [-0.05, 0) is 229 Å². The maximum atomic E-state index is 2.59. The fourth-order valence-electron chi connectivity index (χ4n) is 22.1. The smallest absolute Gasteiger partial charge is 0.225 e. The SMILES string of the molecule is CC(C)Cc1cc(-c2ccccc2)cc(CC(C)C)c1-n1cc[n+]2c1-c1ccccc1C2.CCc1cc(-c2ccccc2)cc(CC)c1-n1cc[n+]2c1-c1ccccc1C2.Cc1cc(C)cc(-c2cc(C(C)C)c(-n3cc[n+]4c3-c3ccccc3C4)c(C(C)C)c2)c1.c1ccc(-c2cc(C3CCCCC3)c(-n3cc[n+]4c3-c3ccccc3C4)c(C3CCCCC3)c2)cc1. The standard InChI is InChI=1S/C34H37N2.2C30H33N2.C26H25N2/c1-4-12-25(13-5-1)29-22-31(26-14-6-2-7-15-26)33(32(23-29)27-16-8-3-9-17-27)36-21-20-35-24-28-18-10-11-19-30(28)34(35)36;1-19(2)27-16-25(24-14-21(5)13-22(6)15-24)17-28(20(3)4)29(27)32-12-11-31-18-23-9-7-8-10-26(23)30(31)32;1-21(2)16-26-18-25(23-10-6-5-7-11-23)19-27(17-22(3)4)29(26)32-15-14-31-20-24-12-8-9-13-28(24)30(31)32;1-3-19-16-23(21-10-6-5-7-11-21)17-20(4-2)25(19)28-15-14-27-18-22-12-8-9-13-24(22)26(27)28/h1,4-5,10-13,18-23,26-27H,2-3,6-9,14-17,24H2;7-17,19-20H,18H2,1-6H3;5-15,18-19,21-22H,16-17,20H2,1-4H3;5-17H,3-4,18H2,1-2H3/q4*+1. The molecule has 8 heterocycles. The van der Waals surface area contributed by atoms with Gasteiger partial charge in [0.15, 0.2) is 0 Å². The summed E-state index contributed by atoms with van der Waals surface area (Å²) in [4.78, 5) is 0.